The van der Waals surface area contributed by atoms with E-state index in [4.69, 9.17) is 4.52 Å². The van der Waals surface area contributed by atoms with Gasteiger partial charge < -0.3 is 9.84 Å². The lowest BCUT2D eigenvalue weighted by molar-refractivity contribution is 0.0913. The van der Waals surface area contributed by atoms with Crippen molar-refractivity contribution in [2.75, 3.05) is 13.1 Å². The number of carbonyl (C=O) groups excluding carboxylic acids is 1. The van der Waals surface area contributed by atoms with Crippen LogP contribution in [0.2, 0.25) is 0 Å². The van der Waals surface area contributed by atoms with Gasteiger partial charge >= 0.3 is 0 Å². The molecular weight excluding hydrogens is 388 g/mol. The average Bonchev–Trinajstić information content (AvgIpc) is 3.24. The molecule has 1 N–H and O–H groups in total. The van der Waals surface area contributed by atoms with Crippen molar-refractivity contribution in [2.45, 2.75) is 31.8 Å². The molecule has 2 aromatic carbocycles. The minimum Gasteiger partial charge on any atom is -0.351 e. The third-order valence-corrected chi connectivity index (χ3v) is 5.42. The normalized spacial score (nSPS) is 15.3. The number of benzene rings is 2. The zero-order valence-corrected chi connectivity index (χ0v) is 16.5. The van der Waals surface area contributed by atoms with Crippen LogP contribution in [0, 0.1) is 11.6 Å². The van der Waals surface area contributed by atoms with E-state index in [0.29, 0.717) is 0 Å². The monoisotopic (exact) mass is 411 g/mol. The van der Waals surface area contributed by atoms with Crippen molar-refractivity contribution in [1.29, 1.82) is 0 Å². The number of nitrogens with one attached hydrogen (secondary N) is 1. The predicted octanol–water partition coefficient (Wildman–Crippen LogP) is 4.26. The van der Waals surface area contributed by atoms with Crippen LogP contribution in [0.5, 0.6) is 0 Å². The summed E-state index contributed by atoms with van der Waals surface area (Å²) in [6.07, 6.45) is 1.80. The van der Waals surface area contributed by atoms with Crippen LogP contribution in [0.3, 0.4) is 0 Å². The first kappa shape index (κ1) is 20.2. The van der Waals surface area contributed by atoms with Crippen molar-refractivity contribution in [3.8, 4) is 0 Å². The zero-order valence-electron chi connectivity index (χ0n) is 16.5. The second-order valence-electron chi connectivity index (χ2n) is 7.61. The fourth-order valence-corrected chi connectivity index (χ4v) is 3.74. The highest BCUT2D eigenvalue weighted by Crippen LogP contribution is 2.28. The van der Waals surface area contributed by atoms with Crippen molar-refractivity contribution in [3.05, 3.63) is 88.8 Å². The minimum absolute atomic E-state index is 0.175. The van der Waals surface area contributed by atoms with Crippen LogP contribution in [0.1, 0.15) is 46.1 Å². The fraction of sp³-hybridized carbons (Fsp3) is 0.304. The molecule has 0 saturated carbocycles. The molecule has 156 valence electrons. The highest BCUT2D eigenvalue weighted by Gasteiger charge is 2.24. The van der Waals surface area contributed by atoms with Gasteiger partial charge in [0.15, 0.2) is 0 Å². The van der Waals surface area contributed by atoms with Gasteiger partial charge in [0.05, 0.1) is 5.69 Å². The Morgan fingerprint density at radius 3 is 2.53 bits per heavy atom. The molecule has 0 unspecified atom stereocenters. The van der Waals surface area contributed by atoms with E-state index in [0.717, 1.165) is 49.3 Å². The Morgan fingerprint density at radius 1 is 1.03 bits per heavy atom. The van der Waals surface area contributed by atoms with Gasteiger partial charge in [-0.3, -0.25) is 9.69 Å². The Morgan fingerprint density at radius 2 is 1.80 bits per heavy atom. The molecule has 1 saturated heterocycles. The first-order chi connectivity index (χ1) is 14.6. The van der Waals surface area contributed by atoms with Crippen LogP contribution in [0.25, 0.3) is 0 Å². The number of halogens is 2. The van der Waals surface area contributed by atoms with Crippen LogP contribution >= 0.6 is 0 Å². The number of hydrogen-bond donors (Lipinski definition) is 1. The molecule has 1 fully saturated rings. The van der Waals surface area contributed by atoms with Gasteiger partial charge in [-0.2, -0.15) is 0 Å². The summed E-state index contributed by atoms with van der Waals surface area (Å²) >= 11 is 0. The minimum atomic E-state index is -0.346. The molecule has 1 amide bonds. The molecule has 0 radical (unpaired) electrons. The second kappa shape index (κ2) is 9.17. The van der Waals surface area contributed by atoms with Crippen molar-refractivity contribution in [3.63, 3.8) is 0 Å². The molecule has 7 heteroatoms. The molecule has 4 rings (SSSR count). The summed E-state index contributed by atoms with van der Waals surface area (Å²) in [6, 6.07) is 14.3. The Labute approximate surface area is 173 Å². The number of likely N-dealkylation sites (tertiary alicyclic amines) is 1. The van der Waals surface area contributed by atoms with Crippen molar-refractivity contribution < 1.29 is 18.1 Å². The Bertz CT molecular complexity index is 996. The molecule has 0 aliphatic carbocycles. The van der Waals surface area contributed by atoms with E-state index >= 15 is 0 Å². The third kappa shape index (κ3) is 5.10. The topological polar surface area (TPSA) is 58.4 Å². The Balaban J connectivity index is 1.28. The van der Waals surface area contributed by atoms with Gasteiger partial charge in [0.2, 0.25) is 5.76 Å². The SMILES string of the molecule is O=C(NCc1ccc(F)cc1)c1cc(C2CCN(Cc3cccc(F)c3)CC2)no1. The number of rotatable bonds is 6. The summed E-state index contributed by atoms with van der Waals surface area (Å²) < 4.78 is 31.6. The lowest BCUT2D eigenvalue weighted by atomic mass is 9.93. The maximum absolute atomic E-state index is 13.4. The molecule has 2 heterocycles. The van der Waals surface area contributed by atoms with Crippen LogP contribution in [-0.4, -0.2) is 29.1 Å². The number of piperidine rings is 1. The van der Waals surface area contributed by atoms with E-state index < -0.39 is 0 Å². The van der Waals surface area contributed by atoms with Gasteiger partial charge in [-0.25, -0.2) is 8.78 Å². The number of aromatic nitrogens is 1. The maximum atomic E-state index is 13.4. The van der Waals surface area contributed by atoms with Gasteiger partial charge in [-0.05, 0) is 61.3 Å². The second-order valence-corrected chi connectivity index (χ2v) is 7.61. The van der Waals surface area contributed by atoms with Crippen molar-refractivity contribution >= 4 is 5.91 Å². The first-order valence-electron chi connectivity index (χ1n) is 10.0. The summed E-state index contributed by atoms with van der Waals surface area (Å²) in [4.78, 5) is 14.6. The van der Waals surface area contributed by atoms with Gasteiger partial charge in [0.25, 0.3) is 5.91 Å². The molecule has 0 spiro atoms. The van der Waals surface area contributed by atoms with Crippen LogP contribution in [0.4, 0.5) is 8.78 Å². The standard InChI is InChI=1S/C23H23F2N3O2/c24-19-6-4-16(5-7-19)14-26-23(29)22-13-21(27-30-22)18-8-10-28(11-9-18)15-17-2-1-3-20(25)12-17/h1-7,12-13,18H,8-11,14-15H2,(H,26,29). The fourth-order valence-electron chi connectivity index (χ4n) is 3.74. The lowest BCUT2D eigenvalue weighted by Gasteiger charge is -2.31. The van der Waals surface area contributed by atoms with Crippen LogP contribution in [-0.2, 0) is 13.1 Å². The molecular formula is C23H23F2N3O2. The molecule has 0 atom stereocenters. The summed E-state index contributed by atoms with van der Waals surface area (Å²) in [5.41, 5.74) is 2.55. The van der Waals surface area contributed by atoms with E-state index in [9.17, 15) is 13.6 Å². The highest BCUT2D eigenvalue weighted by atomic mass is 19.1. The van der Waals surface area contributed by atoms with E-state index in [1.54, 1.807) is 30.3 Å². The summed E-state index contributed by atoms with van der Waals surface area (Å²) in [6.45, 7) is 2.76. The van der Waals surface area contributed by atoms with Gasteiger partial charge in [0, 0.05) is 25.1 Å². The number of carbonyl (C=O) groups is 1. The molecule has 1 aromatic heterocycles. The average molecular weight is 411 g/mol. The summed E-state index contributed by atoms with van der Waals surface area (Å²) in [5.74, 6) is -0.464. The van der Waals surface area contributed by atoms with E-state index in [1.165, 1.54) is 18.2 Å². The van der Waals surface area contributed by atoms with Gasteiger partial charge in [-0.1, -0.05) is 29.4 Å². The quantitative estimate of drug-likeness (QED) is 0.658. The zero-order chi connectivity index (χ0) is 20.9. The maximum Gasteiger partial charge on any atom is 0.290 e. The van der Waals surface area contributed by atoms with Crippen LogP contribution in [0.15, 0.2) is 59.1 Å². The highest BCUT2D eigenvalue weighted by molar-refractivity contribution is 5.91. The van der Waals surface area contributed by atoms with Crippen LogP contribution < -0.4 is 5.32 Å². The molecule has 3 aromatic rings. The number of amides is 1. The first-order valence-corrected chi connectivity index (χ1v) is 10.0. The van der Waals surface area contributed by atoms with E-state index in [-0.39, 0.29) is 35.8 Å². The summed E-state index contributed by atoms with van der Waals surface area (Å²) in [5, 5.41) is 6.85. The van der Waals surface area contributed by atoms with E-state index in [2.05, 4.69) is 15.4 Å². The molecule has 5 nitrogen and oxygen atoms in total. The molecule has 30 heavy (non-hydrogen) atoms. The number of nitrogens with zero attached hydrogens (tertiary/aromatic N) is 2. The molecule has 0 bridgehead atoms. The summed E-state index contributed by atoms with van der Waals surface area (Å²) in [7, 11) is 0. The molecule has 1 aliphatic heterocycles. The van der Waals surface area contributed by atoms with Crippen molar-refractivity contribution in [1.82, 2.24) is 15.4 Å². The predicted molar refractivity (Wildman–Crippen MR) is 108 cm³/mol. The third-order valence-electron chi connectivity index (χ3n) is 5.42. The Hall–Kier alpha value is -3.06. The Kier molecular flexibility index (Phi) is 6.18. The van der Waals surface area contributed by atoms with Gasteiger partial charge in [-0.15, -0.1) is 0 Å². The van der Waals surface area contributed by atoms with Crippen molar-refractivity contribution in [2.24, 2.45) is 0 Å². The van der Waals surface area contributed by atoms with E-state index in [1.807, 2.05) is 6.07 Å². The molecule has 1 aliphatic rings. The van der Waals surface area contributed by atoms with Gasteiger partial charge in [0.1, 0.15) is 11.6 Å². The lowest BCUT2D eigenvalue weighted by Crippen LogP contribution is -2.32. The largest absolute Gasteiger partial charge is 0.351 e. The number of hydrogen-bond acceptors (Lipinski definition) is 4. The smallest absolute Gasteiger partial charge is 0.290 e.